The van der Waals surface area contributed by atoms with E-state index in [1.165, 1.54) is 60.6 Å². The molecule has 0 unspecified atom stereocenters. The standard InChI is InChI=1S/C25H26N8OS.C24H24ClN7O2S.C23H27N7O2S.11H2/c1-17-14-22(32-31-17)28-21-15-23(33-12-5-13-33)30-25(29-21)35-20-10-8-19(9-11-20)27-24(34)26-16-18-6-3-2-4-7-18;25-19-5-2-1-4-18(19)23(34)28-16-6-8-17(9-7-16)35-24-30-21(29-20(27)12-15(26)14-33)13-22(31-24)32-10-3-11-32;1-3-21(31)24-15-6-8-16(9-7-15)33-22-26-18(11-20(27-22)30-12-23(2,32)13-30)25-19-10-17(28-29-19)14-4-5-14;;;;;;;;;;;/h2-4,6-11,14-15H,5,12-13,16H2,1H3,(H2,26,27,34)(H2,28,29,30,31,32);1-2,4-9,12-13,33H,3,10-11,14,26H2,(H,28,34)(H2,27,29,30,31);6-11,14,32H,3-5,12-13H2,1-2H3,(H,24,31)(H2,25,26,27,28,29);11*1H/b;15-12-;;;;;;;;;;;;. The fraction of sp³-hybridized carbons (Fsp3) is 0.250. The van der Waals surface area contributed by atoms with Crippen LogP contribution in [0.4, 0.5) is 68.4 Å². The van der Waals surface area contributed by atoms with E-state index < -0.39 is 5.60 Å². The zero-order valence-electron chi connectivity index (χ0n) is 56.6. The van der Waals surface area contributed by atoms with Crippen LogP contribution in [0.25, 0.3) is 0 Å². The van der Waals surface area contributed by atoms with Gasteiger partial charge in [-0.3, -0.25) is 19.8 Å². The molecule has 4 aliphatic rings. The molecular formula is C72H99ClN22O5S3. The number of rotatable bonds is 24. The Morgan fingerprint density at radius 3 is 1.67 bits per heavy atom. The average molecular weight is 1480 g/mol. The van der Waals surface area contributed by atoms with Crippen LogP contribution in [0.3, 0.4) is 0 Å². The van der Waals surface area contributed by atoms with Crippen molar-refractivity contribution in [3.63, 3.8) is 0 Å². The summed E-state index contributed by atoms with van der Waals surface area (Å²) in [6, 6.07) is 48.6. The zero-order valence-corrected chi connectivity index (χ0v) is 59.8. The second-order valence-electron chi connectivity index (χ2n) is 24.8. The van der Waals surface area contributed by atoms with E-state index >= 15 is 0 Å². The maximum absolute atomic E-state index is 12.5. The number of nitrogens with two attached hydrogens (primary N) is 2. The average Bonchev–Trinajstić information content (AvgIpc) is 0.951. The number of H-pyrrole nitrogens is 2. The maximum atomic E-state index is 12.5. The molecule has 5 aromatic carbocycles. The fourth-order valence-electron chi connectivity index (χ4n) is 10.4. The lowest BCUT2D eigenvalue weighted by Crippen LogP contribution is -2.60. The third-order valence-electron chi connectivity index (χ3n) is 16.1. The number of aliphatic hydroxyl groups is 2. The topological polar surface area (TPSA) is 373 Å². The molecule has 4 fully saturated rings. The van der Waals surface area contributed by atoms with Gasteiger partial charge in [0.2, 0.25) is 5.91 Å². The third kappa shape index (κ3) is 20.9. The number of amides is 4. The van der Waals surface area contributed by atoms with Crippen molar-refractivity contribution in [3.8, 4) is 0 Å². The van der Waals surface area contributed by atoms with Gasteiger partial charge in [0.05, 0.1) is 22.8 Å². The molecule has 552 valence electrons. The number of aliphatic imine (C=N–C) groups is 1. The van der Waals surface area contributed by atoms with Crippen molar-refractivity contribution >= 4 is 134 Å². The number of benzene rings is 5. The molecule has 1 aliphatic carbocycles. The molecule has 10 aromatic rings. The monoisotopic (exact) mass is 1480 g/mol. The number of carbonyl (C=O) groups excluding carboxylic acids is 3. The molecule has 103 heavy (non-hydrogen) atoms. The van der Waals surface area contributed by atoms with Crippen LogP contribution in [0, 0.1) is 6.92 Å². The van der Waals surface area contributed by atoms with Gasteiger partial charge in [0, 0.05) is 159 Å². The first kappa shape index (κ1) is 72.0. The molecule has 27 nitrogen and oxygen atoms in total. The second kappa shape index (κ2) is 33.8. The van der Waals surface area contributed by atoms with Crippen LogP contribution in [-0.4, -0.2) is 136 Å². The minimum atomic E-state index is -0.702. The molecule has 3 saturated heterocycles. The summed E-state index contributed by atoms with van der Waals surface area (Å²) in [5.41, 5.74) is 16.7. The number of hydrogen-bond acceptors (Lipinski definition) is 23. The Labute approximate surface area is 628 Å². The number of nitrogens with zero attached hydrogens (tertiary/aromatic N) is 12. The van der Waals surface area contributed by atoms with Gasteiger partial charge in [-0.1, -0.05) is 61.0 Å². The van der Waals surface area contributed by atoms with Crippen LogP contribution in [0.2, 0.25) is 5.02 Å². The molecule has 3 aliphatic heterocycles. The highest BCUT2D eigenvalue weighted by atomic mass is 35.5. The molecular weight excluding hydrogens is 1380 g/mol. The summed E-state index contributed by atoms with van der Waals surface area (Å²) in [5.74, 6) is 6.04. The van der Waals surface area contributed by atoms with Crippen molar-refractivity contribution in [2.75, 3.05) is 87.2 Å². The molecule has 5 aromatic heterocycles. The van der Waals surface area contributed by atoms with E-state index in [0.717, 1.165) is 93.2 Å². The van der Waals surface area contributed by atoms with Crippen molar-refractivity contribution in [1.82, 2.24) is 55.6 Å². The SMILES string of the molecule is CCC(=O)Nc1ccc(Sc2nc(Nc3cc(C4CC4)[nH]n3)cc(N3CC(C)(O)C3)n2)cc1.Cc1cc(Nc2cc(N3CCC3)nc(Sc3ccc(NC(=O)NCc4ccccc4)cc3)n2)n[nH]1.NC(/C=C(\N)CO)=Nc1cc(N2CCC2)nc(Sc2ccc(NC(=O)c3ccccc3Cl)cc2)n1.[HH].[HH].[HH].[HH].[HH].[HH].[HH].[HH].[HH].[HH].[HH]. The van der Waals surface area contributed by atoms with Crippen LogP contribution >= 0.6 is 46.9 Å². The van der Waals surface area contributed by atoms with E-state index in [0.29, 0.717) is 92.7 Å². The number of aryl methyl sites for hydroxylation is 1. The molecule has 31 heteroatoms. The Kier molecular flexibility index (Phi) is 23.6. The van der Waals surface area contributed by atoms with E-state index in [1.54, 1.807) is 42.5 Å². The van der Waals surface area contributed by atoms with E-state index in [4.69, 9.17) is 38.1 Å². The summed E-state index contributed by atoms with van der Waals surface area (Å²) in [6.45, 7) is 10.6. The number of halogens is 1. The predicted octanol–water partition coefficient (Wildman–Crippen LogP) is 15.1. The van der Waals surface area contributed by atoms with Crippen molar-refractivity contribution in [1.29, 1.82) is 0 Å². The van der Waals surface area contributed by atoms with Crippen molar-refractivity contribution in [3.05, 3.63) is 197 Å². The summed E-state index contributed by atoms with van der Waals surface area (Å²) in [7, 11) is 0. The first-order valence-electron chi connectivity index (χ1n) is 33.3. The molecule has 0 spiro atoms. The summed E-state index contributed by atoms with van der Waals surface area (Å²) in [4.78, 5) is 77.8. The van der Waals surface area contributed by atoms with Gasteiger partial charge >= 0.3 is 6.03 Å². The molecule has 14 N–H and O–H groups in total. The smallest absolute Gasteiger partial charge is 0.319 e. The molecule has 8 heterocycles. The highest BCUT2D eigenvalue weighted by molar-refractivity contribution is 7.99. The van der Waals surface area contributed by atoms with Gasteiger partial charge in [0.1, 0.15) is 34.9 Å². The van der Waals surface area contributed by atoms with Gasteiger partial charge in [-0.2, -0.15) is 10.2 Å². The molecule has 0 radical (unpaired) electrons. The number of aromatic nitrogens is 10. The van der Waals surface area contributed by atoms with Crippen molar-refractivity contribution < 1.29 is 40.3 Å². The summed E-state index contributed by atoms with van der Waals surface area (Å²) >= 11 is 10.4. The van der Waals surface area contributed by atoms with Crippen LogP contribution in [-0.2, 0) is 11.3 Å². The number of anilines is 10. The number of aromatic amines is 2. The number of urea groups is 1. The summed E-state index contributed by atoms with van der Waals surface area (Å²) in [6.07, 6.45) is 6.51. The first-order chi connectivity index (χ1) is 49.9. The second-order valence-corrected chi connectivity index (χ2v) is 28.3. The van der Waals surface area contributed by atoms with E-state index in [-0.39, 0.29) is 51.7 Å². The normalized spacial score (nSPS) is 14.4. The predicted molar refractivity (Wildman–Crippen MR) is 429 cm³/mol. The summed E-state index contributed by atoms with van der Waals surface area (Å²) < 4.78 is 0. The lowest BCUT2D eigenvalue weighted by Gasteiger charge is -2.45. The number of hydrogen-bond donors (Lipinski definition) is 12. The largest absolute Gasteiger partial charge is 0.400 e. The van der Waals surface area contributed by atoms with Gasteiger partial charge in [-0.15, -0.1) is 0 Å². The Bertz CT molecular complexity index is 4700. The number of β-amino-alcohol motifs (C(OH)–C–C–N with tert-alkyl or cyclic N) is 1. The Balaban J connectivity index is 0.000000816. The van der Waals surface area contributed by atoms with Gasteiger partial charge in [-0.05, 0) is 165 Å². The number of aliphatic hydroxyl groups excluding tert-OH is 1. The van der Waals surface area contributed by atoms with Gasteiger partial charge in [0.25, 0.3) is 5.91 Å². The van der Waals surface area contributed by atoms with Gasteiger partial charge in [0.15, 0.2) is 32.9 Å². The minimum absolute atomic E-state index is 0. The van der Waals surface area contributed by atoms with Crippen molar-refractivity contribution in [2.24, 2.45) is 16.5 Å². The van der Waals surface area contributed by atoms with E-state index in [1.807, 2.05) is 141 Å². The molecule has 4 amide bonds. The lowest BCUT2D eigenvalue weighted by molar-refractivity contribution is -0.115. The highest BCUT2D eigenvalue weighted by Crippen LogP contribution is 2.41. The maximum Gasteiger partial charge on any atom is 0.319 e. The Morgan fingerprint density at radius 1 is 0.641 bits per heavy atom. The highest BCUT2D eigenvalue weighted by Gasteiger charge is 2.38. The molecule has 0 atom stereocenters. The zero-order chi connectivity index (χ0) is 71.8. The number of amidine groups is 1. The van der Waals surface area contributed by atoms with E-state index in [9.17, 15) is 19.5 Å². The third-order valence-corrected chi connectivity index (χ3v) is 19.1. The van der Waals surface area contributed by atoms with Gasteiger partial charge in [-0.25, -0.2) is 39.7 Å². The molecule has 0 bridgehead atoms. The van der Waals surface area contributed by atoms with E-state index in [2.05, 4.69) is 87.0 Å². The summed E-state index contributed by atoms with van der Waals surface area (Å²) in [5, 5.41) is 54.0. The van der Waals surface area contributed by atoms with Crippen LogP contribution in [0.15, 0.2) is 205 Å². The fourth-order valence-corrected chi connectivity index (χ4v) is 12.9. The van der Waals surface area contributed by atoms with Crippen LogP contribution < -0.4 is 58.1 Å². The first-order valence-corrected chi connectivity index (χ1v) is 36.2. The minimum Gasteiger partial charge on any atom is -0.400 e. The lowest BCUT2D eigenvalue weighted by atomic mass is 9.97. The quantitative estimate of drug-likeness (QED) is 0.0152. The van der Waals surface area contributed by atoms with Crippen LogP contribution in [0.1, 0.15) is 94.9 Å². The van der Waals surface area contributed by atoms with Gasteiger partial charge < -0.3 is 68.3 Å². The van der Waals surface area contributed by atoms with Crippen LogP contribution in [0.5, 0.6) is 0 Å². The molecule has 14 rings (SSSR count). The molecule has 1 saturated carbocycles. The Morgan fingerprint density at radius 2 is 1.16 bits per heavy atom. The van der Waals surface area contributed by atoms with Crippen molar-refractivity contribution in [2.45, 2.75) is 101 Å². The Hall–Kier alpha value is -10.8. The number of carbonyl (C=O) groups is 3. The number of nitrogens with one attached hydrogen (secondary N) is 8.